The standard InChI is InChI=1S/C14H13F3N2.C5H10N2O/c15-14(16,17)13-11-8-4-5-9-12(11)19(18-13)10-6-2-1-3-7-10;1-7-4(6)2-3-5(7)8/h1-3,6-7H,4-5,8-9H2;4H,2-3,6H2,1H3. The maximum Gasteiger partial charge on any atom is 0.435 e. The molecule has 5 nitrogen and oxygen atoms in total. The van der Waals surface area contributed by atoms with Crippen molar-refractivity contribution in [2.75, 3.05) is 7.05 Å². The van der Waals surface area contributed by atoms with Crippen LogP contribution in [0.5, 0.6) is 0 Å². The van der Waals surface area contributed by atoms with Crippen LogP contribution in [0.4, 0.5) is 13.2 Å². The van der Waals surface area contributed by atoms with E-state index >= 15 is 0 Å². The lowest BCUT2D eigenvalue weighted by atomic mass is 9.95. The van der Waals surface area contributed by atoms with Crippen LogP contribution in [0, 0.1) is 0 Å². The molecule has 2 heterocycles. The fourth-order valence-corrected chi connectivity index (χ4v) is 3.44. The predicted octanol–water partition coefficient (Wildman–Crippen LogP) is 3.29. The van der Waals surface area contributed by atoms with E-state index in [-0.39, 0.29) is 12.1 Å². The third kappa shape index (κ3) is 4.16. The fraction of sp³-hybridized carbons (Fsp3) is 0.474. The molecular formula is C19H23F3N4O. The van der Waals surface area contributed by atoms with Gasteiger partial charge in [0.15, 0.2) is 5.69 Å². The number of alkyl halides is 3. The minimum Gasteiger partial charge on any atom is -0.330 e. The van der Waals surface area contributed by atoms with Gasteiger partial charge in [0, 0.05) is 24.7 Å². The number of aromatic nitrogens is 2. The number of benzene rings is 1. The van der Waals surface area contributed by atoms with Crippen molar-refractivity contribution in [2.24, 2.45) is 5.73 Å². The molecule has 1 saturated heterocycles. The molecule has 0 spiro atoms. The quantitative estimate of drug-likeness (QED) is 0.826. The number of fused-ring (bicyclic) bond motifs is 1. The first-order valence-corrected chi connectivity index (χ1v) is 9.03. The summed E-state index contributed by atoms with van der Waals surface area (Å²) in [5, 5.41) is 3.82. The number of para-hydroxylation sites is 1. The summed E-state index contributed by atoms with van der Waals surface area (Å²) in [6.45, 7) is 0. The molecule has 0 bridgehead atoms. The monoisotopic (exact) mass is 380 g/mol. The van der Waals surface area contributed by atoms with Gasteiger partial charge in [-0.05, 0) is 44.2 Å². The van der Waals surface area contributed by atoms with Crippen molar-refractivity contribution in [1.82, 2.24) is 14.7 Å². The molecule has 2 N–H and O–H groups in total. The number of hydrogen-bond acceptors (Lipinski definition) is 3. The number of nitrogens with two attached hydrogens (primary N) is 1. The first-order chi connectivity index (χ1) is 12.8. The SMILES string of the molecule is CN1C(=O)CCC1N.FC(F)(F)c1nn(-c2ccccc2)c2c1CCCC2. The zero-order valence-corrected chi connectivity index (χ0v) is 15.2. The Labute approximate surface area is 155 Å². The topological polar surface area (TPSA) is 64.2 Å². The lowest BCUT2D eigenvalue weighted by Crippen LogP contribution is -2.35. The zero-order valence-electron chi connectivity index (χ0n) is 15.2. The molecule has 1 fully saturated rings. The van der Waals surface area contributed by atoms with Gasteiger partial charge in [-0.1, -0.05) is 18.2 Å². The predicted molar refractivity (Wildman–Crippen MR) is 95.2 cm³/mol. The number of carbonyl (C=O) groups is 1. The Morgan fingerprint density at radius 3 is 2.30 bits per heavy atom. The minimum absolute atomic E-state index is 0.0255. The molecule has 146 valence electrons. The molecule has 1 atom stereocenters. The molecule has 8 heteroatoms. The van der Waals surface area contributed by atoms with Crippen LogP contribution in [0.25, 0.3) is 5.69 Å². The van der Waals surface area contributed by atoms with Crippen LogP contribution in [-0.4, -0.2) is 33.8 Å². The van der Waals surface area contributed by atoms with Gasteiger partial charge in [-0.2, -0.15) is 18.3 Å². The van der Waals surface area contributed by atoms with Crippen molar-refractivity contribution in [3.63, 3.8) is 0 Å². The second kappa shape index (κ2) is 7.72. The summed E-state index contributed by atoms with van der Waals surface area (Å²) in [5.74, 6) is 0.164. The van der Waals surface area contributed by atoms with Crippen LogP contribution in [0.15, 0.2) is 30.3 Å². The summed E-state index contributed by atoms with van der Waals surface area (Å²) in [6.07, 6.45) is -0.111. The highest BCUT2D eigenvalue weighted by Gasteiger charge is 2.39. The Hall–Kier alpha value is -2.35. The van der Waals surface area contributed by atoms with E-state index in [1.807, 2.05) is 6.07 Å². The van der Waals surface area contributed by atoms with Gasteiger partial charge in [0.05, 0.1) is 11.9 Å². The van der Waals surface area contributed by atoms with E-state index in [4.69, 9.17) is 5.73 Å². The Kier molecular flexibility index (Phi) is 5.55. The number of carbonyl (C=O) groups excluding carboxylic acids is 1. The molecule has 27 heavy (non-hydrogen) atoms. The van der Waals surface area contributed by atoms with Crippen LogP contribution in [-0.2, 0) is 23.8 Å². The van der Waals surface area contributed by atoms with Crippen molar-refractivity contribution in [2.45, 2.75) is 50.9 Å². The molecule has 0 radical (unpaired) electrons. The maximum atomic E-state index is 13.0. The summed E-state index contributed by atoms with van der Waals surface area (Å²) in [5.41, 5.74) is 6.54. The van der Waals surface area contributed by atoms with E-state index in [1.165, 1.54) is 4.68 Å². The van der Waals surface area contributed by atoms with Gasteiger partial charge < -0.3 is 10.6 Å². The van der Waals surface area contributed by atoms with Crippen LogP contribution in [0.2, 0.25) is 0 Å². The molecule has 0 saturated carbocycles. The second-order valence-electron chi connectivity index (χ2n) is 6.84. The first-order valence-electron chi connectivity index (χ1n) is 9.03. The van der Waals surface area contributed by atoms with E-state index in [9.17, 15) is 18.0 Å². The molecule has 4 rings (SSSR count). The Morgan fingerprint density at radius 1 is 1.11 bits per heavy atom. The molecule has 1 amide bonds. The van der Waals surface area contributed by atoms with Gasteiger partial charge in [0.25, 0.3) is 0 Å². The van der Waals surface area contributed by atoms with E-state index in [1.54, 1.807) is 36.2 Å². The number of nitrogens with zero attached hydrogens (tertiary/aromatic N) is 3. The van der Waals surface area contributed by atoms with Gasteiger partial charge in [0.1, 0.15) is 0 Å². The highest BCUT2D eigenvalue weighted by molar-refractivity contribution is 5.78. The van der Waals surface area contributed by atoms with Crippen LogP contribution < -0.4 is 5.73 Å². The molecule has 2 aliphatic rings. The lowest BCUT2D eigenvalue weighted by Gasteiger charge is -2.14. The summed E-state index contributed by atoms with van der Waals surface area (Å²) >= 11 is 0. The van der Waals surface area contributed by atoms with Gasteiger partial charge >= 0.3 is 6.18 Å². The smallest absolute Gasteiger partial charge is 0.330 e. The molecule has 1 aromatic carbocycles. The van der Waals surface area contributed by atoms with Crippen molar-refractivity contribution < 1.29 is 18.0 Å². The largest absolute Gasteiger partial charge is 0.435 e. The van der Waals surface area contributed by atoms with Crippen molar-refractivity contribution >= 4 is 5.91 Å². The zero-order chi connectivity index (χ0) is 19.6. The summed E-state index contributed by atoms with van der Waals surface area (Å²) in [6, 6.07) is 9.01. The Bertz CT molecular complexity index is 801. The van der Waals surface area contributed by atoms with E-state index < -0.39 is 11.9 Å². The Balaban J connectivity index is 0.000000221. The first kappa shape index (κ1) is 19.4. The van der Waals surface area contributed by atoms with Gasteiger partial charge in [-0.25, -0.2) is 4.68 Å². The molecule has 1 aliphatic carbocycles. The van der Waals surface area contributed by atoms with Gasteiger partial charge in [-0.15, -0.1) is 0 Å². The Morgan fingerprint density at radius 2 is 1.78 bits per heavy atom. The fourth-order valence-electron chi connectivity index (χ4n) is 3.44. The number of hydrogen-bond donors (Lipinski definition) is 1. The third-order valence-electron chi connectivity index (χ3n) is 4.99. The lowest BCUT2D eigenvalue weighted by molar-refractivity contribution is -0.142. The van der Waals surface area contributed by atoms with Crippen LogP contribution >= 0.6 is 0 Å². The highest BCUT2D eigenvalue weighted by atomic mass is 19.4. The highest BCUT2D eigenvalue weighted by Crippen LogP contribution is 2.36. The van der Waals surface area contributed by atoms with Crippen molar-refractivity contribution in [3.05, 3.63) is 47.3 Å². The average Bonchev–Trinajstić information content (AvgIpc) is 3.19. The van der Waals surface area contributed by atoms with Gasteiger partial charge in [0.2, 0.25) is 5.91 Å². The minimum atomic E-state index is -4.37. The van der Waals surface area contributed by atoms with Gasteiger partial charge in [-0.3, -0.25) is 4.79 Å². The molecular weight excluding hydrogens is 357 g/mol. The van der Waals surface area contributed by atoms with Crippen molar-refractivity contribution in [1.29, 1.82) is 0 Å². The number of amides is 1. The molecule has 1 aromatic heterocycles. The maximum absolute atomic E-state index is 13.0. The number of rotatable bonds is 1. The summed E-state index contributed by atoms with van der Waals surface area (Å²) in [4.78, 5) is 12.2. The third-order valence-corrected chi connectivity index (χ3v) is 4.99. The normalized spacial score (nSPS) is 19.5. The average molecular weight is 380 g/mol. The number of likely N-dealkylation sites (tertiary alicyclic amines) is 1. The summed E-state index contributed by atoms with van der Waals surface area (Å²) < 4.78 is 40.5. The summed E-state index contributed by atoms with van der Waals surface area (Å²) in [7, 11) is 1.74. The van der Waals surface area contributed by atoms with Crippen molar-refractivity contribution in [3.8, 4) is 5.69 Å². The molecule has 1 aliphatic heterocycles. The van der Waals surface area contributed by atoms with E-state index in [2.05, 4.69) is 5.10 Å². The van der Waals surface area contributed by atoms with Crippen LogP contribution in [0.1, 0.15) is 42.6 Å². The van der Waals surface area contributed by atoms with E-state index in [0.717, 1.165) is 19.3 Å². The van der Waals surface area contributed by atoms with E-state index in [0.29, 0.717) is 36.2 Å². The molecule has 2 aromatic rings. The number of halogens is 3. The molecule has 1 unspecified atom stereocenters. The van der Waals surface area contributed by atoms with Crippen LogP contribution in [0.3, 0.4) is 0 Å². The second-order valence-corrected chi connectivity index (χ2v) is 6.84.